The summed E-state index contributed by atoms with van der Waals surface area (Å²) < 4.78 is 5.52. The van der Waals surface area contributed by atoms with Crippen molar-refractivity contribution in [3.05, 3.63) is 88.4 Å². The Balaban J connectivity index is 1.59. The van der Waals surface area contributed by atoms with Crippen LogP contribution in [0, 0.1) is 0 Å². The molecule has 0 fully saturated rings. The van der Waals surface area contributed by atoms with Crippen molar-refractivity contribution in [2.45, 2.75) is 26.7 Å². The molecule has 2 N–H and O–H groups in total. The third-order valence-electron chi connectivity index (χ3n) is 4.87. The van der Waals surface area contributed by atoms with Crippen molar-refractivity contribution in [3.8, 4) is 5.75 Å². The number of carbonyl (C=O) groups is 2. The van der Waals surface area contributed by atoms with Gasteiger partial charge >= 0.3 is 0 Å². The first-order chi connectivity index (χ1) is 15.0. The summed E-state index contributed by atoms with van der Waals surface area (Å²) in [7, 11) is 0. The Bertz CT molecular complexity index is 1040. The molecule has 3 aromatic rings. The van der Waals surface area contributed by atoms with Gasteiger partial charge in [-0.3, -0.25) is 9.59 Å². The molecular weight excluding hydrogens is 412 g/mol. The lowest BCUT2D eigenvalue weighted by Gasteiger charge is -2.14. The molecule has 2 amide bonds. The molecule has 0 radical (unpaired) electrons. The summed E-state index contributed by atoms with van der Waals surface area (Å²) in [5.74, 6) is -0.00846. The van der Waals surface area contributed by atoms with Gasteiger partial charge in [-0.1, -0.05) is 55.8 Å². The summed E-state index contributed by atoms with van der Waals surface area (Å²) in [5, 5.41) is 6.20. The van der Waals surface area contributed by atoms with E-state index in [4.69, 9.17) is 16.3 Å². The normalized spacial score (nSPS) is 10.4. The number of halogens is 1. The summed E-state index contributed by atoms with van der Waals surface area (Å²) in [4.78, 5) is 24.8. The number of para-hydroxylation sites is 2. The lowest BCUT2D eigenvalue weighted by Crippen LogP contribution is -2.20. The zero-order chi connectivity index (χ0) is 22.2. The summed E-state index contributed by atoms with van der Waals surface area (Å²) >= 11 is 6.04. The van der Waals surface area contributed by atoms with Crippen LogP contribution in [-0.4, -0.2) is 18.4 Å². The Morgan fingerprint density at radius 2 is 1.48 bits per heavy atom. The molecule has 0 aromatic heterocycles. The van der Waals surface area contributed by atoms with E-state index >= 15 is 0 Å². The molecule has 0 spiro atoms. The fourth-order valence-electron chi connectivity index (χ4n) is 3.19. The second-order valence-corrected chi connectivity index (χ2v) is 7.36. The van der Waals surface area contributed by atoms with Gasteiger partial charge in [0, 0.05) is 11.3 Å². The Morgan fingerprint density at radius 3 is 2.10 bits per heavy atom. The van der Waals surface area contributed by atoms with E-state index in [1.807, 2.05) is 18.2 Å². The van der Waals surface area contributed by atoms with Crippen molar-refractivity contribution in [1.82, 2.24) is 0 Å². The first-order valence-corrected chi connectivity index (χ1v) is 10.6. The third-order valence-corrected chi connectivity index (χ3v) is 5.20. The van der Waals surface area contributed by atoms with Crippen LogP contribution in [0.3, 0.4) is 0 Å². The van der Waals surface area contributed by atoms with E-state index < -0.39 is 0 Å². The molecule has 160 valence electrons. The van der Waals surface area contributed by atoms with Crippen molar-refractivity contribution in [2.75, 3.05) is 17.2 Å². The first kappa shape index (κ1) is 22.4. The van der Waals surface area contributed by atoms with Crippen LogP contribution in [0.1, 0.15) is 35.3 Å². The van der Waals surface area contributed by atoms with E-state index in [1.165, 1.54) is 0 Å². The van der Waals surface area contributed by atoms with E-state index in [9.17, 15) is 9.59 Å². The lowest BCUT2D eigenvalue weighted by atomic mass is 10.0. The van der Waals surface area contributed by atoms with Crippen molar-refractivity contribution < 1.29 is 14.3 Å². The Hall–Kier alpha value is -3.31. The Labute approximate surface area is 187 Å². The highest BCUT2D eigenvalue weighted by atomic mass is 35.5. The van der Waals surface area contributed by atoms with E-state index in [0.29, 0.717) is 22.0 Å². The van der Waals surface area contributed by atoms with Gasteiger partial charge in [0.2, 0.25) is 0 Å². The topological polar surface area (TPSA) is 67.4 Å². The fourth-order valence-corrected chi connectivity index (χ4v) is 3.37. The first-order valence-electron chi connectivity index (χ1n) is 10.2. The SMILES string of the molecule is CCc1cccc(CC)c1NC(=O)c1ccc(OCC(=O)Nc2ccccc2Cl)cc1. The Morgan fingerprint density at radius 1 is 0.839 bits per heavy atom. The molecule has 0 saturated heterocycles. The molecule has 3 rings (SSSR count). The third kappa shape index (κ3) is 5.86. The number of benzene rings is 3. The average Bonchev–Trinajstić information content (AvgIpc) is 2.79. The van der Waals surface area contributed by atoms with Crippen LogP contribution in [0.15, 0.2) is 66.7 Å². The second kappa shape index (κ2) is 10.6. The minimum absolute atomic E-state index is 0.166. The number of amides is 2. The zero-order valence-corrected chi connectivity index (χ0v) is 18.3. The lowest BCUT2D eigenvalue weighted by molar-refractivity contribution is -0.118. The van der Waals surface area contributed by atoms with Crippen molar-refractivity contribution in [2.24, 2.45) is 0 Å². The van der Waals surface area contributed by atoms with Crippen LogP contribution in [0.5, 0.6) is 5.75 Å². The molecule has 5 nitrogen and oxygen atoms in total. The highest BCUT2D eigenvalue weighted by Gasteiger charge is 2.12. The minimum Gasteiger partial charge on any atom is -0.484 e. The molecule has 31 heavy (non-hydrogen) atoms. The molecule has 0 unspecified atom stereocenters. The van der Waals surface area contributed by atoms with Crippen molar-refractivity contribution in [1.29, 1.82) is 0 Å². The average molecular weight is 437 g/mol. The van der Waals surface area contributed by atoms with Gasteiger partial charge in [-0.25, -0.2) is 0 Å². The molecule has 3 aromatic carbocycles. The second-order valence-electron chi connectivity index (χ2n) is 6.95. The minimum atomic E-state index is -0.321. The van der Waals surface area contributed by atoms with Crippen molar-refractivity contribution >= 4 is 34.8 Å². The van der Waals surface area contributed by atoms with Gasteiger partial charge < -0.3 is 15.4 Å². The number of carbonyl (C=O) groups excluding carboxylic acids is 2. The molecule has 0 aliphatic rings. The Kier molecular flexibility index (Phi) is 7.68. The highest BCUT2D eigenvalue weighted by Crippen LogP contribution is 2.24. The predicted molar refractivity (Wildman–Crippen MR) is 125 cm³/mol. The van der Waals surface area contributed by atoms with Gasteiger partial charge in [0.15, 0.2) is 6.61 Å². The number of hydrogen-bond acceptors (Lipinski definition) is 3. The summed E-state index contributed by atoms with van der Waals surface area (Å²) in [6.07, 6.45) is 1.68. The van der Waals surface area contributed by atoms with Crippen LogP contribution >= 0.6 is 11.6 Å². The summed E-state index contributed by atoms with van der Waals surface area (Å²) in [6.45, 7) is 3.97. The molecule has 0 atom stereocenters. The quantitative estimate of drug-likeness (QED) is 0.473. The number of nitrogens with one attached hydrogen (secondary N) is 2. The molecular formula is C25H25ClN2O3. The van der Waals surface area contributed by atoms with Crippen LogP contribution < -0.4 is 15.4 Å². The maximum absolute atomic E-state index is 12.7. The fraction of sp³-hybridized carbons (Fsp3) is 0.200. The maximum Gasteiger partial charge on any atom is 0.262 e. The monoisotopic (exact) mass is 436 g/mol. The number of ether oxygens (including phenoxy) is 1. The maximum atomic E-state index is 12.7. The van der Waals surface area contributed by atoms with Crippen LogP contribution in [0.25, 0.3) is 0 Å². The predicted octanol–water partition coefficient (Wildman–Crippen LogP) is 5.73. The number of anilines is 2. The summed E-state index contributed by atoms with van der Waals surface area (Å²) in [5.41, 5.74) is 4.15. The van der Waals surface area contributed by atoms with Crippen LogP contribution in [0.4, 0.5) is 11.4 Å². The van der Waals surface area contributed by atoms with E-state index in [1.54, 1.807) is 48.5 Å². The molecule has 6 heteroatoms. The largest absolute Gasteiger partial charge is 0.484 e. The standard InChI is InChI=1S/C25H25ClN2O3/c1-3-17-8-7-9-18(4-2)24(17)28-25(30)19-12-14-20(15-13-19)31-16-23(29)27-22-11-6-5-10-21(22)26/h5-15H,3-4,16H2,1-2H3,(H,27,29)(H,28,30). The van der Waals surface area contributed by atoms with Gasteiger partial charge in [0.25, 0.3) is 11.8 Å². The zero-order valence-electron chi connectivity index (χ0n) is 17.6. The van der Waals surface area contributed by atoms with E-state index in [-0.39, 0.29) is 18.4 Å². The summed E-state index contributed by atoms with van der Waals surface area (Å²) in [6, 6.07) is 19.8. The van der Waals surface area contributed by atoms with E-state index in [0.717, 1.165) is 29.7 Å². The van der Waals surface area contributed by atoms with Crippen molar-refractivity contribution in [3.63, 3.8) is 0 Å². The smallest absolute Gasteiger partial charge is 0.262 e. The molecule has 0 aliphatic carbocycles. The van der Waals surface area contributed by atoms with E-state index in [2.05, 4.69) is 24.5 Å². The number of rotatable bonds is 8. The van der Waals surface area contributed by atoms with Gasteiger partial charge in [-0.2, -0.15) is 0 Å². The molecule has 0 aliphatic heterocycles. The van der Waals surface area contributed by atoms with Gasteiger partial charge in [-0.05, 0) is 60.4 Å². The van der Waals surface area contributed by atoms with Crippen LogP contribution in [0.2, 0.25) is 5.02 Å². The number of aryl methyl sites for hydroxylation is 2. The molecule has 0 bridgehead atoms. The highest BCUT2D eigenvalue weighted by molar-refractivity contribution is 6.33. The number of hydrogen-bond donors (Lipinski definition) is 2. The van der Waals surface area contributed by atoms with Crippen LogP contribution in [-0.2, 0) is 17.6 Å². The molecule has 0 saturated carbocycles. The molecule has 0 heterocycles. The van der Waals surface area contributed by atoms with Gasteiger partial charge in [0.1, 0.15) is 5.75 Å². The van der Waals surface area contributed by atoms with Gasteiger partial charge in [-0.15, -0.1) is 0 Å². The van der Waals surface area contributed by atoms with Gasteiger partial charge in [0.05, 0.1) is 10.7 Å².